The zero-order chi connectivity index (χ0) is 13.7. The standard InChI is InChI=1S/C12H14N4O3/c13-6-9-1-2-11(12(5-9)16(17)18)15-7-10-8-19-4-3-14-10/h1-2,5,10,14-15H,3-4,7-8H2. The van der Waals surface area contributed by atoms with Gasteiger partial charge in [-0.3, -0.25) is 10.1 Å². The van der Waals surface area contributed by atoms with E-state index in [0.29, 0.717) is 25.4 Å². The highest BCUT2D eigenvalue weighted by Crippen LogP contribution is 2.25. The number of nitrogens with zero attached hydrogens (tertiary/aromatic N) is 2. The van der Waals surface area contributed by atoms with Crippen molar-refractivity contribution in [3.05, 3.63) is 33.9 Å². The minimum Gasteiger partial charge on any atom is -0.378 e. The van der Waals surface area contributed by atoms with Crippen molar-refractivity contribution in [2.45, 2.75) is 6.04 Å². The average molecular weight is 262 g/mol. The smallest absolute Gasteiger partial charge is 0.293 e. The lowest BCUT2D eigenvalue weighted by molar-refractivity contribution is -0.384. The summed E-state index contributed by atoms with van der Waals surface area (Å²) in [6.45, 7) is 2.58. The van der Waals surface area contributed by atoms with E-state index in [4.69, 9.17) is 10.00 Å². The molecule has 1 aromatic rings. The van der Waals surface area contributed by atoms with Crippen LogP contribution in [0.15, 0.2) is 18.2 Å². The van der Waals surface area contributed by atoms with Crippen LogP contribution in [0.25, 0.3) is 0 Å². The van der Waals surface area contributed by atoms with Crippen molar-refractivity contribution in [3.63, 3.8) is 0 Å². The zero-order valence-electron chi connectivity index (χ0n) is 10.3. The SMILES string of the molecule is N#Cc1ccc(NCC2COCCN2)c([N+](=O)[O-])c1. The molecule has 7 nitrogen and oxygen atoms in total. The number of nitrogens with one attached hydrogen (secondary N) is 2. The van der Waals surface area contributed by atoms with Crippen molar-refractivity contribution in [1.82, 2.24) is 5.32 Å². The summed E-state index contributed by atoms with van der Waals surface area (Å²) in [4.78, 5) is 10.5. The third-order valence-electron chi connectivity index (χ3n) is 2.86. The summed E-state index contributed by atoms with van der Waals surface area (Å²) in [5.74, 6) is 0. The highest BCUT2D eigenvalue weighted by atomic mass is 16.6. The monoisotopic (exact) mass is 262 g/mol. The highest BCUT2D eigenvalue weighted by molar-refractivity contribution is 5.64. The number of ether oxygens (including phenoxy) is 1. The highest BCUT2D eigenvalue weighted by Gasteiger charge is 2.17. The van der Waals surface area contributed by atoms with Crippen molar-refractivity contribution in [3.8, 4) is 6.07 Å². The van der Waals surface area contributed by atoms with Crippen LogP contribution in [0.4, 0.5) is 11.4 Å². The minimum atomic E-state index is -0.492. The van der Waals surface area contributed by atoms with Gasteiger partial charge in [-0.15, -0.1) is 0 Å². The third kappa shape index (κ3) is 3.40. The number of morpholine rings is 1. The Morgan fingerprint density at radius 3 is 3.11 bits per heavy atom. The van der Waals surface area contributed by atoms with Crippen molar-refractivity contribution in [2.75, 3.05) is 31.6 Å². The normalized spacial score (nSPS) is 18.6. The molecule has 100 valence electrons. The zero-order valence-corrected chi connectivity index (χ0v) is 10.3. The fourth-order valence-electron chi connectivity index (χ4n) is 1.89. The molecule has 19 heavy (non-hydrogen) atoms. The summed E-state index contributed by atoms with van der Waals surface area (Å²) >= 11 is 0. The van der Waals surface area contributed by atoms with E-state index >= 15 is 0 Å². The van der Waals surface area contributed by atoms with E-state index in [0.717, 1.165) is 6.54 Å². The van der Waals surface area contributed by atoms with Gasteiger partial charge in [-0.2, -0.15) is 5.26 Å². The third-order valence-corrected chi connectivity index (χ3v) is 2.86. The molecule has 1 aromatic carbocycles. The molecule has 1 atom stereocenters. The number of anilines is 1. The second kappa shape index (κ2) is 6.13. The number of rotatable bonds is 4. The van der Waals surface area contributed by atoms with E-state index in [1.807, 2.05) is 6.07 Å². The van der Waals surface area contributed by atoms with Gasteiger partial charge in [0.15, 0.2) is 0 Å². The molecule has 1 unspecified atom stereocenters. The molecule has 0 saturated carbocycles. The Balaban J connectivity index is 2.06. The van der Waals surface area contributed by atoms with Crippen molar-refractivity contribution < 1.29 is 9.66 Å². The van der Waals surface area contributed by atoms with Gasteiger partial charge in [0, 0.05) is 25.2 Å². The Kier molecular flexibility index (Phi) is 4.28. The van der Waals surface area contributed by atoms with Crippen LogP contribution in [0.1, 0.15) is 5.56 Å². The number of nitro benzene ring substituents is 1. The van der Waals surface area contributed by atoms with Gasteiger partial charge in [-0.1, -0.05) is 0 Å². The summed E-state index contributed by atoms with van der Waals surface area (Å²) in [5, 5.41) is 26.0. The van der Waals surface area contributed by atoms with E-state index in [1.54, 1.807) is 12.1 Å². The minimum absolute atomic E-state index is 0.0872. The van der Waals surface area contributed by atoms with Crippen LogP contribution < -0.4 is 10.6 Å². The van der Waals surface area contributed by atoms with E-state index < -0.39 is 4.92 Å². The number of hydrogen-bond donors (Lipinski definition) is 2. The van der Waals surface area contributed by atoms with Crippen LogP contribution >= 0.6 is 0 Å². The van der Waals surface area contributed by atoms with Crippen LogP contribution in [0.3, 0.4) is 0 Å². The van der Waals surface area contributed by atoms with Crippen LogP contribution in [0.2, 0.25) is 0 Å². The summed E-state index contributed by atoms with van der Waals surface area (Å²) < 4.78 is 5.31. The van der Waals surface area contributed by atoms with Gasteiger partial charge in [0.05, 0.1) is 29.8 Å². The predicted molar refractivity (Wildman–Crippen MR) is 68.9 cm³/mol. The molecular weight excluding hydrogens is 248 g/mol. The first-order valence-corrected chi connectivity index (χ1v) is 5.94. The summed E-state index contributed by atoms with van der Waals surface area (Å²) in [5.41, 5.74) is 0.600. The molecule has 1 heterocycles. The lowest BCUT2D eigenvalue weighted by atomic mass is 10.2. The Hall–Kier alpha value is -2.17. The van der Waals surface area contributed by atoms with Crippen molar-refractivity contribution >= 4 is 11.4 Å². The number of nitro groups is 1. The first kappa shape index (κ1) is 13.3. The quantitative estimate of drug-likeness (QED) is 0.616. The molecule has 2 N–H and O–H groups in total. The fraction of sp³-hybridized carbons (Fsp3) is 0.417. The molecule has 1 aliphatic heterocycles. The van der Waals surface area contributed by atoms with Gasteiger partial charge < -0.3 is 15.4 Å². The largest absolute Gasteiger partial charge is 0.378 e. The molecule has 0 spiro atoms. The number of hydrogen-bond acceptors (Lipinski definition) is 6. The maximum Gasteiger partial charge on any atom is 0.293 e. The van der Waals surface area contributed by atoms with Gasteiger partial charge in [-0.25, -0.2) is 0 Å². The lowest BCUT2D eigenvalue weighted by Crippen LogP contribution is -2.45. The van der Waals surface area contributed by atoms with E-state index in [-0.39, 0.29) is 17.3 Å². The molecular formula is C12H14N4O3. The van der Waals surface area contributed by atoms with Crippen molar-refractivity contribution in [1.29, 1.82) is 5.26 Å². The topological polar surface area (TPSA) is 100 Å². The maximum absolute atomic E-state index is 11.0. The van der Waals surface area contributed by atoms with E-state index in [1.165, 1.54) is 6.07 Å². The van der Waals surface area contributed by atoms with Gasteiger partial charge in [0.1, 0.15) is 5.69 Å². The fourth-order valence-corrected chi connectivity index (χ4v) is 1.89. The van der Waals surface area contributed by atoms with Crippen LogP contribution in [0, 0.1) is 21.4 Å². The summed E-state index contributed by atoms with van der Waals surface area (Å²) in [7, 11) is 0. The van der Waals surface area contributed by atoms with E-state index in [9.17, 15) is 10.1 Å². The first-order valence-electron chi connectivity index (χ1n) is 5.94. The molecule has 2 rings (SSSR count). The summed E-state index contributed by atoms with van der Waals surface area (Å²) in [6.07, 6.45) is 0. The number of nitriles is 1. The second-order valence-electron chi connectivity index (χ2n) is 4.21. The van der Waals surface area contributed by atoms with Crippen LogP contribution in [0.5, 0.6) is 0 Å². The Labute approximate surface area is 110 Å². The van der Waals surface area contributed by atoms with Gasteiger partial charge >= 0.3 is 0 Å². The molecule has 0 amide bonds. The number of benzene rings is 1. The first-order chi connectivity index (χ1) is 9.20. The van der Waals surface area contributed by atoms with Crippen molar-refractivity contribution in [2.24, 2.45) is 0 Å². The molecule has 1 aliphatic rings. The summed E-state index contributed by atoms with van der Waals surface area (Å²) in [6, 6.07) is 6.40. The van der Waals surface area contributed by atoms with Crippen LogP contribution in [-0.2, 0) is 4.74 Å². The average Bonchev–Trinajstić information content (AvgIpc) is 2.46. The second-order valence-corrected chi connectivity index (χ2v) is 4.21. The van der Waals surface area contributed by atoms with Gasteiger partial charge in [-0.05, 0) is 12.1 Å². The molecule has 7 heteroatoms. The Morgan fingerprint density at radius 1 is 1.63 bits per heavy atom. The molecule has 0 aromatic heterocycles. The van der Waals surface area contributed by atoms with Gasteiger partial charge in [0.2, 0.25) is 0 Å². The molecule has 0 aliphatic carbocycles. The van der Waals surface area contributed by atoms with E-state index in [2.05, 4.69) is 10.6 Å². The van der Waals surface area contributed by atoms with Gasteiger partial charge in [0.25, 0.3) is 5.69 Å². The molecule has 1 fully saturated rings. The molecule has 1 saturated heterocycles. The van der Waals surface area contributed by atoms with Crippen LogP contribution in [-0.4, -0.2) is 37.3 Å². The maximum atomic E-state index is 11.0. The molecule has 0 radical (unpaired) electrons. The Bertz CT molecular complexity index is 506. The molecule has 0 bridgehead atoms. The predicted octanol–water partition coefficient (Wildman–Crippen LogP) is 0.867. The Morgan fingerprint density at radius 2 is 2.47 bits per heavy atom. The lowest BCUT2D eigenvalue weighted by Gasteiger charge is -2.24.